The summed E-state index contributed by atoms with van der Waals surface area (Å²) < 4.78 is 10.4. The first-order valence-electron chi connectivity index (χ1n) is 5.38. The predicted molar refractivity (Wildman–Crippen MR) is 78.5 cm³/mol. The summed E-state index contributed by atoms with van der Waals surface area (Å²) in [4.78, 5) is 0. The summed E-state index contributed by atoms with van der Waals surface area (Å²) in [7, 11) is 0. The minimum absolute atomic E-state index is 0. The second-order valence-electron chi connectivity index (χ2n) is 3.70. The molecule has 19 heavy (non-hydrogen) atoms. The average molecular weight is 324 g/mol. The standard InChI is InChI=1S/C12H12Cl2N2O2.ClH/c1-7-9(13)3-2-8(12(7)14)10-6-11(16-18-10)17-5-4-15;/h2-3,6H,4-5,15H2,1H3;1H. The quantitative estimate of drug-likeness (QED) is 0.931. The summed E-state index contributed by atoms with van der Waals surface area (Å²) in [5, 5.41) is 4.94. The van der Waals surface area contributed by atoms with Crippen molar-refractivity contribution in [3.63, 3.8) is 0 Å². The summed E-state index contributed by atoms with van der Waals surface area (Å²) in [5.74, 6) is 0.922. The number of aromatic nitrogens is 1. The Morgan fingerprint density at radius 2 is 2.11 bits per heavy atom. The third-order valence-corrected chi connectivity index (χ3v) is 3.34. The van der Waals surface area contributed by atoms with E-state index < -0.39 is 0 Å². The summed E-state index contributed by atoms with van der Waals surface area (Å²) in [6.07, 6.45) is 0. The Bertz CT molecular complexity index is 558. The zero-order valence-corrected chi connectivity index (χ0v) is 12.5. The fraction of sp³-hybridized carbons (Fsp3) is 0.250. The van der Waals surface area contributed by atoms with Crippen molar-refractivity contribution in [3.05, 3.63) is 33.8 Å². The van der Waals surface area contributed by atoms with Crippen molar-refractivity contribution in [2.45, 2.75) is 6.92 Å². The molecule has 0 atom stereocenters. The van der Waals surface area contributed by atoms with E-state index in [1.807, 2.05) is 6.92 Å². The molecule has 104 valence electrons. The molecule has 0 aliphatic rings. The van der Waals surface area contributed by atoms with E-state index in [0.29, 0.717) is 34.8 Å². The second kappa shape index (κ2) is 7.01. The Morgan fingerprint density at radius 3 is 2.79 bits per heavy atom. The number of benzene rings is 1. The van der Waals surface area contributed by atoms with E-state index in [0.717, 1.165) is 11.1 Å². The van der Waals surface area contributed by atoms with Gasteiger partial charge in [-0.05, 0) is 29.8 Å². The predicted octanol–water partition coefficient (Wildman–Crippen LogP) is 3.72. The van der Waals surface area contributed by atoms with E-state index in [9.17, 15) is 0 Å². The molecule has 0 saturated carbocycles. The van der Waals surface area contributed by atoms with E-state index in [2.05, 4.69) is 5.16 Å². The molecule has 0 unspecified atom stereocenters. The van der Waals surface area contributed by atoms with Crippen LogP contribution in [-0.2, 0) is 0 Å². The number of rotatable bonds is 4. The summed E-state index contributed by atoms with van der Waals surface area (Å²) in [6.45, 7) is 2.65. The van der Waals surface area contributed by atoms with E-state index in [-0.39, 0.29) is 12.4 Å². The van der Waals surface area contributed by atoms with Crippen molar-refractivity contribution in [3.8, 4) is 17.2 Å². The van der Waals surface area contributed by atoms with Gasteiger partial charge in [-0.2, -0.15) is 0 Å². The molecule has 2 N–H and O–H groups in total. The lowest BCUT2D eigenvalue weighted by Gasteiger charge is -2.04. The van der Waals surface area contributed by atoms with Crippen LogP contribution in [0.2, 0.25) is 10.0 Å². The maximum absolute atomic E-state index is 6.21. The number of hydrogen-bond acceptors (Lipinski definition) is 4. The minimum Gasteiger partial charge on any atom is -0.474 e. The topological polar surface area (TPSA) is 61.3 Å². The third kappa shape index (κ3) is 3.54. The van der Waals surface area contributed by atoms with Crippen LogP contribution in [0.1, 0.15) is 5.56 Å². The van der Waals surface area contributed by atoms with Gasteiger partial charge < -0.3 is 15.0 Å². The normalized spacial score (nSPS) is 10.1. The molecule has 2 aromatic rings. The Morgan fingerprint density at radius 1 is 1.37 bits per heavy atom. The highest BCUT2D eigenvalue weighted by molar-refractivity contribution is 6.37. The molecule has 0 fully saturated rings. The van der Waals surface area contributed by atoms with Gasteiger partial charge in [0.15, 0.2) is 5.76 Å². The number of halogens is 3. The first kappa shape index (κ1) is 16.1. The zero-order valence-electron chi connectivity index (χ0n) is 10.2. The lowest BCUT2D eigenvalue weighted by molar-refractivity contribution is 0.288. The molecule has 0 saturated heterocycles. The fourth-order valence-corrected chi connectivity index (χ4v) is 1.93. The van der Waals surface area contributed by atoms with Gasteiger partial charge in [0.2, 0.25) is 0 Å². The van der Waals surface area contributed by atoms with Crippen molar-refractivity contribution < 1.29 is 9.26 Å². The van der Waals surface area contributed by atoms with Crippen LogP contribution in [0.15, 0.2) is 22.7 Å². The molecule has 1 aromatic heterocycles. The lowest BCUT2D eigenvalue weighted by Crippen LogP contribution is -2.10. The highest BCUT2D eigenvalue weighted by Crippen LogP contribution is 2.35. The van der Waals surface area contributed by atoms with Crippen LogP contribution in [0.4, 0.5) is 0 Å². The molecule has 0 spiro atoms. The molecular formula is C12H13Cl3N2O2. The van der Waals surface area contributed by atoms with Crippen LogP contribution < -0.4 is 10.5 Å². The highest BCUT2D eigenvalue weighted by atomic mass is 35.5. The Labute approximate surface area is 127 Å². The summed E-state index contributed by atoms with van der Waals surface area (Å²) in [6, 6.07) is 5.22. The molecule has 2 rings (SSSR count). The molecule has 0 bridgehead atoms. The molecule has 1 aromatic carbocycles. The van der Waals surface area contributed by atoms with Gasteiger partial charge >= 0.3 is 0 Å². The molecule has 4 nitrogen and oxygen atoms in total. The van der Waals surface area contributed by atoms with Crippen LogP contribution in [0, 0.1) is 6.92 Å². The largest absolute Gasteiger partial charge is 0.474 e. The molecule has 0 aliphatic carbocycles. The zero-order chi connectivity index (χ0) is 13.1. The van der Waals surface area contributed by atoms with E-state index >= 15 is 0 Å². The molecule has 7 heteroatoms. The summed E-state index contributed by atoms with van der Waals surface area (Å²) >= 11 is 12.2. The van der Waals surface area contributed by atoms with Gasteiger partial charge in [-0.1, -0.05) is 23.2 Å². The summed E-state index contributed by atoms with van der Waals surface area (Å²) in [5.41, 5.74) is 6.87. The van der Waals surface area contributed by atoms with E-state index in [1.165, 1.54) is 0 Å². The molecule has 0 amide bonds. The van der Waals surface area contributed by atoms with Gasteiger partial charge in [-0.3, -0.25) is 0 Å². The molecule has 1 heterocycles. The maximum atomic E-state index is 6.21. The van der Waals surface area contributed by atoms with Crippen molar-refractivity contribution in [1.82, 2.24) is 5.16 Å². The van der Waals surface area contributed by atoms with Gasteiger partial charge in [0, 0.05) is 23.2 Å². The number of nitrogens with two attached hydrogens (primary N) is 1. The smallest absolute Gasteiger partial charge is 0.254 e. The monoisotopic (exact) mass is 322 g/mol. The Hall–Kier alpha value is -0.940. The first-order chi connectivity index (χ1) is 8.63. The van der Waals surface area contributed by atoms with Gasteiger partial charge in [0.25, 0.3) is 5.88 Å². The third-order valence-electron chi connectivity index (χ3n) is 2.44. The molecule has 0 radical (unpaired) electrons. The van der Waals surface area contributed by atoms with Crippen LogP contribution in [0.3, 0.4) is 0 Å². The molecule has 0 aliphatic heterocycles. The van der Waals surface area contributed by atoms with Crippen LogP contribution in [-0.4, -0.2) is 18.3 Å². The van der Waals surface area contributed by atoms with Crippen molar-refractivity contribution in [2.75, 3.05) is 13.2 Å². The Kier molecular flexibility index (Phi) is 5.94. The molecular weight excluding hydrogens is 311 g/mol. The van der Waals surface area contributed by atoms with E-state index in [4.69, 9.17) is 38.2 Å². The number of nitrogens with zero attached hydrogens (tertiary/aromatic N) is 1. The number of hydrogen-bond donors (Lipinski definition) is 1. The van der Waals surface area contributed by atoms with Crippen molar-refractivity contribution in [2.24, 2.45) is 5.73 Å². The number of ether oxygens (including phenoxy) is 1. The minimum atomic E-state index is 0. The second-order valence-corrected chi connectivity index (χ2v) is 4.49. The van der Waals surface area contributed by atoms with Gasteiger partial charge in [0.05, 0.1) is 5.02 Å². The van der Waals surface area contributed by atoms with Gasteiger partial charge in [-0.15, -0.1) is 12.4 Å². The first-order valence-corrected chi connectivity index (χ1v) is 6.13. The highest BCUT2D eigenvalue weighted by Gasteiger charge is 2.14. The van der Waals surface area contributed by atoms with Crippen LogP contribution >= 0.6 is 35.6 Å². The van der Waals surface area contributed by atoms with Gasteiger partial charge in [-0.25, -0.2) is 0 Å². The Balaban J connectivity index is 0.00000180. The van der Waals surface area contributed by atoms with Gasteiger partial charge in [0.1, 0.15) is 6.61 Å². The van der Waals surface area contributed by atoms with Crippen LogP contribution in [0.25, 0.3) is 11.3 Å². The van der Waals surface area contributed by atoms with Crippen molar-refractivity contribution >= 4 is 35.6 Å². The average Bonchev–Trinajstić information content (AvgIpc) is 2.82. The maximum Gasteiger partial charge on any atom is 0.254 e. The van der Waals surface area contributed by atoms with Crippen LogP contribution in [0.5, 0.6) is 5.88 Å². The lowest BCUT2D eigenvalue weighted by atomic mass is 10.1. The van der Waals surface area contributed by atoms with E-state index in [1.54, 1.807) is 18.2 Å². The van der Waals surface area contributed by atoms with Crippen molar-refractivity contribution in [1.29, 1.82) is 0 Å². The SMILES string of the molecule is Cc1c(Cl)ccc(-c2cc(OCCN)no2)c1Cl.Cl. The fourth-order valence-electron chi connectivity index (χ4n) is 1.47.